The summed E-state index contributed by atoms with van der Waals surface area (Å²) in [5.74, 6) is -1.26. The van der Waals surface area contributed by atoms with Crippen LogP contribution in [0.5, 0.6) is 0 Å². The van der Waals surface area contributed by atoms with Crippen LogP contribution in [0.15, 0.2) is 24.4 Å². The lowest BCUT2D eigenvalue weighted by molar-refractivity contribution is -0.136. The number of nitrogens with one attached hydrogen (secondary N) is 1. The summed E-state index contributed by atoms with van der Waals surface area (Å²) in [6, 6.07) is 4.68. The maximum absolute atomic E-state index is 13.1. The van der Waals surface area contributed by atoms with Crippen LogP contribution in [0.3, 0.4) is 0 Å². The lowest BCUT2D eigenvalue weighted by Gasteiger charge is -2.39. The molecule has 0 aliphatic carbocycles. The molecule has 4 heterocycles. The standard InChI is InChI=1S/C24H28N6O5/c1-24(2)11-16(8-9-35-24)28(3)23(34)18-13-30(27-26-18)15-5-4-14-12-29(22(33)17(14)10-15)19-6-7-20(31)25-21(19)32/h4-5,10,13,16,19H,6-9,11-12H2,1-3H3,(H,25,31,32). The van der Waals surface area contributed by atoms with Crippen LogP contribution in [0, 0.1) is 0 Å². The minimum absolute atomic E-state index is 0.0484. The molecule has 2 unspecified atom stereocenters. The lowest BCUT2D eigenvalue weighted by Crippen LogP contribution is -2.52. The van der Waals surface area contributed by atoms with Crippen molar-refractivity contribution in [3.8, 4) is 5.69 Å². The van der Waals surface area contributed by atoms with E-state index < -0.39 is 11.9 Å². The summed E-state index contributed by atoms with van der Waals surface area (Å²) < 4.78 is 7.23. The van der Waals surface area contributed by atoms with Gasteiger partial charge < -0.3 is 14.5 Å². The first-order valence-electron chi connectivity index (χ1n) is 11.7. The quantitative estimate of drug-likeness (QED) is 0.648. The molecule has 3 aliphatic rings. The van der Waals surface area contributed by atoms with E-state index in [0.29, 0.717) is 30.8 Å². The molecule has 0 spiro atoms. The zero-order chi connectivity index (χ0) is 24.9. The number of carbonyl (C=O) groups excluding carboxylic acids is 4. The lowest BCUT2D eigenvalue weighted by atomic mass is 9.93. The predicted molar refractivity (Wildman–Crippen MR) is 123 cm³/mol. The topological polar surface area (TPSA) is 127 Å². The first-order chi connectivity index (χ1) is 16.6. The van der Waals surface area contributed by atoms with Crippen LogP contribution in [-0.2, 0) is 20.9 Å². The number of hydrogen-bond acceptors (Lipinski definition) is 7. The highest BCUT2D eigenvalue weighted by Crippen LogP contribution is 2.30. The Hall–Kier alpha value is -3.60. The maximum atomic E-state index is 13.1. The van der Waals surface area contributed by atoms with E-state index in [4.69, 9.17) is 4.74 Å². The van der Waals surface area contributed by atoms with Crippen molar-refractivity contribution in [2.24, 2.45) is 0 Å². The van der Waals surface area contributed by atoms with Gasteiger partial charge in [-0.25, -0.2) is 4.68 Å². The van der Waals surface area contributed by atoms with Gasteiger partial charge in [0.1, 0.15) is 6.04 Å². The number of aromatic nitrogens is 3. The molecule has 3 aliphatic heterocycles. The number of rotatable bonds is 4. The van der Waals surface area contributed by atoms with Crippen molar-refractivity contribution >= 4 is 23.6 Å². The average Bonchev–Trinajstić information content (AvgIpc) is 3.43. The molecule has 5 rings (SSSR count). The largest absolute Gasteiger partial charge is 0.375 e. The second-order valence-electron chi connectivity index (χ2n) is 9.96. The summed E-state index contributed by atoms with van der Waals surface area (Å²) in [4.78, 5) is 53.1. The molecule has 1 aromatic heterocycles. The van der Waals surface area contributed by atoms with Crippen molar-refractivity contribution < 1.29 is 23.9 Å². The first kappa shape index (κ1) is 23.2. The third-order valence-corrected chi connectivity index (χ3v) is 7.03. The average molecular weight is 481 g/mol. The van der Waals surface area contributed by atoms with Gasteiger partial charge in [-0.2, -0.15) is 0 Å². The zero-order valence-electron chi connectivity index (χ0n) is 20.0. The van der Waals surface area contributed by atoms with Gasteiger partial charge in [-0.05, 0) is 50.8 Å². The Bertz CT molecular complexity index is 1220. The molecule has 184 valence electrons. The van der Waals surface area contributed by atoms with Crippen molar-refractivity contribution in [3.63, 3.8) is 0 Å². The van der Waals surface area contributed by atoms with Gasteiger partial charge in [0.05, 0.1) is 17.5 Å². The molecule has 1 N–H and O–H groups in total. The number of hydrogen-bond donors (Lipinski definition) is 1. The monoisotopic (exact) mass is 480 g/mol. The van der Waals surface area contributed by atoms with E-state index in [1.54, 1.807) is 30.3 Å². The van der Waals surface area contributed by atoms with Crippen LogP contribution in [0.25, 0.3) is 5.69 Å². The van der Waals surface area contributed by atoms with Crippen molar-refractivity contribution in [1.29, 1.82) is 0 Å². The van der Waals surface area contributed by atoms with Crippen molar-refractivity contribution in [2.45, 2.75) is 63.8 Å². The normalized spacial score (nSPS) is 23.7. The van der Waals surface area contributed by atoms with Gasteiger partial charge in [0.2, 0.25) is 11.8 Å². The fourth-order valence-corrected chi connectivity index (χ4v) is 5.05. The molecule has 2 fully saturated rings. The van der Waals surface area contributed by atoms with Crippen molar-refractivity contribution in [1.82, 2.24) is 30.1 Å². The van der Waals surface area contributed by atoms with Crippen LogP contribution in [0.2, 0.25) is 0 Å². The van der Waals surface area contributed by atoms with Crippen molar-refractivity contribution in [3.05, 3.63) is 41.2 Å². The molecule has 35 heavy (non-hydrogen) atoms. The fraction of sp³-hybridized carbons (Fsp3) is 0.500. The third-order valence-electron chi connectivity index (χ3n) is 7.03. The molecule has 2 atom stereocenters. The molecular weight excluding hydrogens is 452 g/mol. The Labute approximate surface area is 202 Å². The summed E-state index contributed by atoms with van der Waals surface area (Å²) >= 11 is 0. The summed E-state index contributed by atoms with van der Waals surface area (Å²) in [7, 11) is 1.77. The first-order valence-corrected chi connectivity index (χ1v) is 11.7. The van der Waals surface area contributed by atoms with Gasteiger partial charge in [0.15, 0.2) is 5.69 Å². The van der Waals surface area contributed by atoms with E-state index in [1.807, 2.05) is 19.9 Å². The maximum Gasteiger partial charge on any atom is 0.276 e. The van der Waals surface area contributed by atoms with Gasteiger partial charge in [0, 0.05) is 38.2 Å². The van der Waals surface area contributed by atoms with Gasteiger partial charge in [-0.1, -0.05) is 11.3 Å². The molecule has 4 amide bonds. The number of ether oxygens (including phenoxy) is 1. The number of piperidine rings is 1. The fourth-order valence-electron chi connectivity index (χ4n) is 5.05. The number of carbonyl (C=O) groups is 4. The molecule has 2 aromatic rings. The van der Waals surface area contributed by atoms with Gasteiger partial charge in [-0.15, -0.1) is 5.10 Å². The van der Waals surface area contributed by atoms with Crippen molar-refractivity contribution in [2.75, 3.05) is 13.7 Å². The molecule has 2 saturated heterocycles. The SMILES string of the molecule is CN(C(=O)c1cn(-c2ccc3c(c2)C(=O)N(C2CCC(=O)NC2=O)C3)nn1)C1CCOC(C)(C)C1. The minimum Gasteiger partial charge on any atom is -0.375 e. The Balaban J connectivity index is 1.32. The Morgan fingerprint density at radius 3 is 2.77 bits per heavy atom. The summed E-state index contributed by atoms with van der Waals surface area (Å²) in [5, 5.41) is 10.5. The summed E-state index contributed by atoms with van der Waals surface area (Å²) in [6.07, 6.45) is 3.57. The molecular formula is C24H28N6O5. The highest BCUT2D eigenvalue weighted by Gasteiger charge is 2.39. The number of imide groups is 1. The highest BCUT2D eigenvalue weighted by molar-refractivity contribution is 6.05. The van der Waals surface area contributed by atoms with E-state index in [2.05, 4.69) is 15.6 Å². The van der Waals surface area contributed by atoms with E-state index in [9.17, 15) is 19.2 Å². The number of benzene rings is 1. The summed E-state index contributed by atoms with van der Waals surface area (Å²) in [5.41, 5.74) is 1.78. The van der Waals surface area contributed by atoms with Crippen LogP contribution < -0.4 is 5.32 Å². The molecule has 1 aromatic carbocycles. The molecule has 11 heteroatoms. The second kappa shape index (κ2) is 8.56. The molecule has 11 nitrogen and oxygen atoms in total. The predicted octanol–water partition coefficient (Wildman–Crippen LogP) is 1.06. The molecule has 0 radical (unpaired) electrons. The van der Waals surface area contributed by atoms with Gasteiger partial charge in [0.25, 0.3) is 11.8 Å². The van der Waals surface area contributed by atoms with Crippen LogP contribution in [-0.4, -0.2) is 79.8 Å². The Morgan fingerprint density at radius 2 is 2.03 bits per heavy atom. The van der Waals surface area contributed by atoms with Gasteiger partial charge in [-0.3, -0.25) is 24.5 Å². The number of fused-ring (bicyclic) bond motifs is 1. The third kappa shape index (κ3) is 4.31. The molecule has 0 saturated carbocycles. The van der Waals surface area contributed by atoms with Crippen LogP contribution in [0.1, 0.15) is 65.9 Å². The minimum atomic E-state index is -0.669. The van der Waals surface area contributed by atoms with Crippen LogP contribution in [0.4, 0.5) is 0 Å². The Morgan fingerprint density at radius 1 is 1.23 bits per heavy atom. The van der Waals surface area contributed by atoms with E-state index in [0.717, 1.165) is 18.4 Å². The van der Waals surface area contributed by atoms with E-state index in [1.165, 1.54) is 9.58 Å². The summed E-state index contributed by atoms with van der Waals surface area (Å²) in [6.45, 7) is 4.93. The second-order valence-corrected chi connectivity index (χ2v) is 9.96. The number of amides is 4. The van der Waals surface area contributed by atoms with E-state index >= 15 is 0 Å². The smallest absolute Gasteiger partial charge is 0.276 e. The highest BCUT2D eigenvalue weighted by atomic mass is 16.5. The van der Waals surface area contributed by atoms with Crippen LogP contribution >= 0.6 is 0 Å². The van der Waals surface area contributed by atoms with Gasteiger partial charge >= 0.3 is 0 Å². The zero-order valence-corrected chi connectivity index (χ0v) is 20.0. The van der Waals surface area contributed by atoms with E-state index in [-0.39, 0.29) is 41.5 Å². The number of nitrogens with zero attached hydrogens (tertiary/aromatic N) is 5. The molecule has 0 bridgehead atoms. The Kier molecular flexibility index (Phi) is 5.66.